The van der Waals surface area contributed by atoms with Crippen molar-refractivity contribution < 1.29 is 23.4 Å². The number of nitrogens with one attached hydrogen (secondary N) is 1. The minimum absolute atomic E-state index is 0.0123. The Labute approximate surface area is 234 Å². The Morgan fingerprint density at radius 1 is 1.27 bits per heavy atom. The first-order valence-electron chi connectivity index (χ1n) is 12.3. The molecule has 1 aliphatic rings. The second-order valence-electron chi connectivity index (χ2n) is 9.98. The molecule has 3 N–H and O–H groups in total. The van der Waals surface area contributed by atoms with E-state index in [0.717, 1.165) is 0 Å². The van der Waals surface area contributed by atoms with Gasteiger partial charge in [0.2, 0.25) is 5.71 Å². The first-order valence-corrected chi connectivity index (χ1v) is 12.3. The lowest BCUT2D eigenvalue weighted by Gasteiger charge is -2.28. The van der Waals surface area contributed by atoms with Crippen LogP contribution in [0.3, 0.4) is 0 Å². The normalized spacial score (nSPS) is 13.4. The van der Waals surface area contributed by atoms with Gasteiger partial charge in [0.05, 0.1) is 56.3 Å². The van der Waals surface area contributed by atoms with Crippen LogP contribution in [-0.4, -0.2) is 68.9 Å². The van der Waals surface area contributed by atoms with Crippen LogP contribution in [0.4, 0.5) is 15.9 Å². The standard InChI is InChI=1S/C28H25FN8O4/c1-4-17-10-19(7-8-23(17)29)34-27-22-13-20(31-14-25(22)32-16-33-27)12-21(38)6-5-9-37(2,3)15-18-11-24(26(30)39)35-28(18)36(40)41/h1,5-8,10,13-14,16H,9,11-12,15H2,2-3H3,(H2-,30,32,33,34,39)/p+1/b6-5+. The maximum absolute atomic E-state index is 13.8. The van der Waals surface area contributed by atoms with E-state index in [0.29, 0.717) is 40.2 Å². The highest BCUT2D eigenvalue weighted by Gasteiger charge is 2.35. The predicted molar refractivity (Wildman–Crippen MR) is 150 cm³/mol. The molecular formula is C28H26FN8O4+. The number of anilines is 2. The number of amides is 1. The average molecular weight is 558 g/mol. The number of nitro groups is 1. The summed E-state index contributed by atoms with van der Waals surface area (Å²) in [6, 6.07) is 5.99. The van der Waals surface area contributed by atoms with E-state index in [1.165, 1.54) is 36.8 Å². The number of allylic oxidation sites excluding steroid dienone is 1. The van der Waals surface area contributed by atoms with Gasteiger partial charge in [0.25, 0.3) is 5.91 Å². The Morgan fingerprint density at radius 2 is 2.05 bits per heavy atom. The molecule has 1 aromatic carbocycles. The maximum Gasteiger partial charge on any atom is 0.369 e. The Balaban J connectivity index is 1.42. The molecule has 0 unspecified atom stereocenters. The van der Waals surface area contributed by atoms with E-state index < -0.39 is 16.6 Å². The van der Waals surface area contributed by atoms with Gasteiger partial charge in [-0.3, -0.25) is 14.6 Å². The van der Waals surface area contributed by atoms with Gasteiger partial charge in [0.15, 0.2) is 5.78 Å². The summed E-state index contributed by atoms with van der Waals surface area (Å²) in [5, 5.41) is 15.1. The molecule has 0 saturated heterocycles. The summed E-state index contributed by atoms with van der Waals surface area (Å²) in [6.07, 6.45) is 11.4. The van der Waals surface area contributed by atoms with Crippen molar-refractivity contribution in [3.63, 3.8) is 0 Å². The molecule has 13 heteroatoms. The molecule has 0 fully saturated rings. The molecule has 0 aliphatic carbocycles. The summed E-state index contributed by atoms with van der Waals surface area (Å²) in [5.41, 5.74) is 7.28. The van der Waals surface area contributed by atoms with Crippen LogP contribution in [0.2, 0.25) is 0 Å². The second kappa shape index (κ2) is 11.8. The number of quaternary nitrogens is 1. The minimum atomic E-state index is -0.791. The molecule has 0 radical (unpaired) electrons. The van der Waals surface area contributed by atoms with E-state index in [4.69, 9.17) is 12.2 Å². The third-order valence-electron chi connectivity index (χ3n) is 6.24. The molecule has 0 saturated carbocycles. The van der Waals surface area contributed by atoms with Crippen molar-refractivity contribution in [2.75, 3.05) is 32.5 Å². The Hall–Kier alpha value is -5.35. The van der Waals surface area contributed by atoms with Crippen LogP contribution in [0, 0.1) is 28.3 Å². The zero-order valence-electron chi connectivity index (χ0n) is 22.3. The van der Waals surface area contributed by atoms with Gasteiger partial charge in [-0.05, 0) is 46.3 Å². The largest absolute Gasteiger partial charge is 0.369 e. The number of aliphatic imine (C=N–C) groups is 1. The van der Waals surface area contributed by atoms with Gasteiger partial charge in [-0.15, -0.1) is 6.42 Å². The SMILES string of the molecule is C#Cc1cc(Nc2ncnc3cnc(CC(=O)/C=C/C[N+](C)(C)CC4=C([N+](=O)[O-])N=C(C(N)=O)C4)cc23)ccc1F. The summed E-state index contributed by atoms with van der Waals surface area (Å²) < 4.78 is 14.1. The Kier molecular flexibility index (Phi) is 8.25. The molecule has 0 atom stereocenters. The average Bonchev–Trinajstić information content (AvgIpc) is 3.33. The third kappa shape index (κ3) is 7.00. The van der Waals surface area contributed by atoms with E-state index in [1.54, 1.807) is 12.1 Å². The molecule has 4 rings (SSSR count). The number of carbonyl (C=O) groups excluding carboxylic acids is 2. The second-order valence-corrected chi connectivity index (χ2v) is 9.98. The van der Waals surface area contributed by atoms with Gasteiger partial charge in [0, 0.05) is 16.8 Å². The lowest BCUT2D eigenvalue weighted by molar-refractivity contribution is -0.880. The molecular weight excluding hydrogens is 531 g/mol. The number of ketones is 1. The highest BCUT2D eigenvalue weighted by atomic mass is 19.1. The Morgan fingerprint density at radius 3 is 2.76 bits per heavy atom. The number of terminal acetylenes is 1. The van der Waals surface area contributed by atoms with Gasteiger partial charge in [-0.2, -0.15) is 0 Å². The molecule has 1 aliphatic heterocycles. The molecule has 12 nitrogen and oxygen atoms in total. The number of rotatable bonds is 11. The topological polar surface area (TPSA) is 166 Å². The number of hydrogen-bond acceptors (Lipinski definition) is 9. The smallest absolute Gasteiger partial charge is 0.363 e. The summed E-state index contributed by atoms with van der Waals surface area (Å²) in [4.78, 5) is 51.5. The zero-order valence-corrected chi connectivity index (χ0v) is 22.3. The number of nitrogens with two attached hydrogens (primary N) is 1. The van der Waals surface area contributed by atoms with E-state index in [-0.39, 0.29) is 46.7 Å². The van der Waals surface area contributed by atoms with E-state index >= 15 is 0 Å². The van der Waals surface area contributed by atoms with E-state index in [2.05, 4.69) is 31.2 Å². The van der Waals surface area contributed by atoms with Gasteiger partial charge in [-0.1, -0.05) is 5.92 Å². The lowest BCUT2D eigenvalue weighted by atomic mass is 10.1. The van der Waals surface area contributed by atoms with Gasteiger partial charge in [0.1, 0.15) is 24.5 Å². The number of likely N-dealkylation sites (N-methyl/N-ethyl adjacent to an activating group) is 1. The van der Waals surface area contributed by atoms with Crippen molar-refractivity contribution in [1.82, 2.24) is 15.0 Å². The fourth-order valence-corrected chi connectivity index (χ4v) is 4.30. The van der Waals surface area contributed by atoms with Crippen LogP contribution in [0.15, 0.2) is 65.3 Å². The van der Waals surface area contributed by atoms with Crippen LogP contribution in [0.5, 0.6) is 0 Å². The summed E-state index contributed by atoms with van der Waals surface area (Å²) in [5.74, 6) is 0.870. The number of fused-ring (bicyclic) bond motifs is 1. The molecule has 0 spiro atoms. The highest BCUT2D eigenvalue weighted by molar-refractivity contribution is 6.39. The molecule has 2 aromatic heterocycles. The van der Waals surface area contributed by atoms with Gasteiger partial charge >= 0.3 is 5.82 Å². The van der Waals surface area contributed by atoms with E-state index in [9.17, 15) is 24.1 Å². The first kappa shape index (κ1) is 28.7. The number of hydrogen-bond donors (Lipinski definition) is 2. The van der Waals surface area contributed by atoms with Crippen molar-refractivity contribution in [2.24, 2.45) is 10.7 Å². The van der Waals surface area contributed by atoms with Gasteiger partial charge in [-0.25, -0.2) is 14.4 Å². The summed E-state index contributed by atoms with van der Waals surface area (Å²) >= 11 is 0. The van der Waals surface area contributed by atoms with Crippen LogP contribution in [0.1, 0.15) is 17.7 Å². The fourth-order valence-electron chi connectivity index (χ4n) is 4.30. The van der Waals surface area contributed by atoms with Crippen molar-refractivity contribution >= 4 is 39.8 Å². The number of halogens is 1. The third-order valence-corrected chi connectivity index (χ3v) is 6.24. The quantitative estimate of drug-likeness (QED) is 0.119. The first-order chi connectivity index (χ1) is 19.5. The number of benzene rings is 1. The maximum atomic E-state index is 13.8. The molecule has 3 aromatic rings. The lowest BCUT2D eigenvalue weighted by Crippen LogP contribution is -2.41. The molecule has 41 heavy (non-hydrogen) atoms. The fraction of sp³-hybridized carbons (Fsp3) is 0.214. The number of primary amides is 1. The van der Waals surface area contributed by atoms with E-state index in [1.807, 2.05) is 14.1 Å². The molecule has 0 bridgehead atoms. The van der Waals surface area contributed by atoms with Crippen LogP contribution < -0.4 is 11.1 Å². The van der Waals surface area contributed by atoms with Crippen LogP contribution >= 0.6 is 0 Å². The minimum Gasteiger partial charge on any atom is -0.363 e. The van der Waals surface area contributed by atoms with Crippen molar-refractivity contribution in [2.45, 2.75) is 12.8 Å². The molecule has 208 valence electrons. The highest BCUT2D eigenvalue weighted by Crippen LogP contribution is 2.25. The number of carbonyl (C=O) groups is 2. The number of aromatic nitrogens is 3. The monoisotopic (exact) mass is 557 g/mol. The van der Waals surface area contributed by atoms with Crippen LogP contribution in [-0.2, 0) is 16.0 Å². The molecule has 1 amide bonds. The number of nitrogens with zero attached hydrogens (tertiary/aromatic N) is 6. The molecule has 3 heterocycles. The van der Waals surface area contributed by atoms with Crippen molar-refractivity contribution in [1.29, 1.82) is 0 Å². The Bertz CT molecular complexity index is 1700. The number of pyridine rings is 1. The van der Waals surface area contributed by atoms with Crippen LogP contribution in [0.25, 0.3) is 10.9 Å². The summed E-state index contributed by atoms with van der Waals surface area (Å²) in [7, 11) is 3.68. The summed E-state index contributed by atoms with van der Waals surface area (Å²) in [6.45, 7) is 0.629. The zero-order chi connectivity index (χ0) is 29.7. The van der Waals surface area contributed by atoms with Crippen molar-refractivity contribution in [3.8, 4) is 12.3 Å². The predicted octanol–water partition coefficient (Wildman–Crippen LogP) is 2.45. The van der Waals surface area contributed by atoms with Gasteiger partial charge < -0.3 is 25.6 Å². The van der Waals surface area contributed by atoms with Crippen molar-refractivity contribution in [3.05, 3.63) is 87.5 Å².